The SMILES string of the molecule is CC(C)(C)OC(=O)C(Cc1ccc(-n2c(=O)[nH]c3cccnc32)cc1)C(=O)OCc1ccccc1. The second kappa shape index (κ2) is 9.97. The fraction of sp³-hybridized carbons (Fsp3) is 0.259. The number of hydrogen-bond donors (Lipinski definition) is 1. The lowest BCUT2D eigenvalue weighted by Crippen LogP contribution is -2.35. The van der Waals surface area contributed by atoms with Crippen molar-refractivity contribution in [1.82, 2.24) is 14.5 Å². The molecule has 0 aliphatic heterocycles. The van der Waals surface area contributed by atoms with E-state index in [1.165, 1.54) is 4.57 Å². The van der Waals surface area contributed by atoms with Crippen molar-refractivity contribution >= 4 is 23.1 Å². The first-order valence-electron chi connectivity index (χ1n) is 11.3. The Labute approximate surface area is 202 Å². The number of H-pyrrole nitrogens is 1. The van der Waals surface area contributed by atoms with E-state index in [1.54, 1.807) is 63.4 Å². The molecule has 2 aromatic carbocycles. The molecule has 0 fully saturated rings. The third kappa shape index (κ3) is 5.84. The fourth-order valence-corrected chi connectivity index (χ4v) is 3.66. The van der Waals surface area contributed by atoms with E-state index in [-0.39, 0.29) is 18.7 Å². The molecule has 0 aliphatic rings. The number of aromatic amines is 1. The summed E-state index contributed by atoms with van der Waals surface area (Å²) >= 11 is 0. The Kier molecular flexibility index (Phi) is 6.82. The number of carbonyl (C=O) groups excluding carboxylic acids is 2. The molecule has 2 heterocycles. The highest BCUT2D eigenvalue weighted by molar-refractivity contribution is 5.95. The summed E-state index contributed by atoms with van der Waals surface area (Å²) in [4.78, 5) is 45.3. The topological polar surface area (TPSA) is 103 Å². The Morgan fingerprint density at radius 3 is 2.34 bits per heavy atom. The third-order valence-electron chi connectivity index (χ3n) is 5.28. The minimum atomic E-state index is -1.12. The number of ether oxygens (including phenoxy) is 2. The van der Waals surface area contributed by atoms with Crippen LogP contribution in [0, 0.1) is 5.92 Å². The smallest absolute Gasteiger partial charge is 0.332 e. The largest absolute Gasteiger partial charge is 0.460 e. The number of aromatic nitrogens is 3. The molecule has 2 aromatic heterocycles. The fourth-order valence-electron chi connectivity index (χ4n) is 3.66. The van der Waals surface area contributed by atoms with Gasteiger partial charge in [0.05, 0.1) is 11.2 Å². The molecule has 0 saturated carbocycles. The monoisotopic (exact) mass is 473 g/mol. The van der Waals surface area contributed by atoms with Crippen molar-refractivity contribution in [1.29, 1.82) is 0 Å². The van der Waals surface area contributed by atoms with Gasteiger partial charge in [-0.25, -0.2) is 14.3 Å². The molecule has 8 heteroatoms. The van der Waals surface area contributed by atoms with Gasteiger partial charge >= 0.3 is 17.6 Å². The van der Waals surface area contributed by atoms with Gasteiger partial charge < -0.3 is 14.5 Å². The van der Waals surface area contributed by atoms with E-state index in [0.717, 1.165) is 11.1 Å². The molecule has 1 atom stereocenters. The average molecular weight is 474 g/mol. The van der Waals surface area contributed by atoms with Crippen LogP contribution >= 0.6 is 0 Å². The molecule has 0 radical (unpaired) electrons. The molecule has 8 nitrogen and oxygen atoms in total. The maximum absolute atomic E-state index is 12.9. The molecule has 180 valence electrons. The molecular formula is C27H27N3O5. The Morgan fingerprint density at radius 2 is 1.66 bits per heavy atom. The van der Waals surface area contributed by atoms with Crippen molar-refractivity contribution in [3.63, 3.8) is 0 Å². The highest BCUT2D eigenvalue weighted by Gasteiger charge is 2.33. The summed E-state index contributed by atoms with van der Waals surface area (Å²) in [5.74, 6) is -2.41. The highest BCUT2D eigenvalue weighted by atomic mass is 16.6. The normalized spacial score (nSPS) is 12.3. The molecule has 0 bridgehead atoms. The van der Waals surface area contributed by atoms with Gasteiger partial charge in [-0.2, -0.15) is 0 Å². The maximum Gasteiger partial charge on any atom is 0.332 e. The van der Waals surface area contributed by atoms with Crippen LogP contribution < -0.4 is 5.69 Å². The number of nitrogens with zero attached hydrogens (tertiary/aromatic N) is 2. The van der Waals surface area contributed by atoms with Crippen LogP contribution in [-0.4, -0.2) is 32.1 Å². The van der Waals surface area contributed by atoms with E-state index in [9.17, 15) is 14.4 Å². The van der Waals surface area contributed by atoms with E-state index in [0.29, 0.717) is 16.9 Å². The molecule has 0 aliphatic carbocycles. The summed E-state index contributed by atoms with van der Waals surface area (Å²) in [6.07, 6.45) is 1.72. The van der Waals surface area contributed by atoms with Crippen LogP contribution in [0.4, 0.5) is 0 Å². The molecule has 35 heavy (non-hydrogen) atoms. The van der Waals surface area contributed by atoms with Crippen molar-refractivity contribution < 1.29 is 19.1 Å². The number of esters is 2. The van der Waals surface area contributed by atoms with E-state index in [4.69, 9.17) is 9.47 Å². The summed E-state index contributed by atoms with van der Waals surface area (Å²) in [5, 5.41) is 0. The number of carbonyl (C=O) groups is 2. The van der Waals surface area contributed by atoms with Crippen LogP contribution in [0.3, 0.4) is 0 Å². The number of fused-ring (bicyclic) bond motifs is 1. The Balaban J connectivity index is 1.55. The van der Waals surface area contributed by atoms with Gasteiger partial charge in [0.15, 0.2) is 11.6 Å². The van der Waals surface area contributed by atoms with Gasteiger partial charge in [0.25, 0.3) is 0 Å². The van der Waals surface area contributed by atoms with E-state index in [1.807, 2.05) is 30.3 Å². The predicted molar refractivity (Wildman–Crippen MR) is 131 cm³/mol. The van der Waals surface area contributed by atoms with Crippen LogP contribution in [-0.2, 0) is 32.1 Å². The zero-order valence-electron chi connectivity index (χ0n) is 19.9. The van der Waals surface area contributed by atoms with Crippen molar-refractivity contribution in [2.45, 2.75) is 39.4 Å². The number of nitrogens with one attached hydrogen (secondary N) is 1. The van der Waals surface area contributed by atoms with Gasteiger partial charge in [0.2, 0.25) is 0 Å². The Bertz CT molecular complexity index is 1380. The van der Waals surface area contributed by atoms with Gasteiger partial charge in [0, 0.05) is 6.20 Å². The number of pyridine rings is 1. The molecule has 0 saturated heterocycles. The van der Waals surface area contributed by atoms with Crippen LogP contribution in [0.1, 0.15) is 31.9 Å². The lowest BCUT2D eigenvalue weighted by atomic mass is 9.98. The van der Waals surface area contributed by atoms with Gasteiger partial charge in [-0.05, 0) is 62.6 Å². The van der Waals surface area contributed by atoms with Crippen LogP contribution in [0.15, 0.2) is 77.7 Å². The zero-order chi connectivity index (χ0) is 25.0. The predicted octanol–water partition coefficient (Wildman–Crippen LogP) is 3.96. The summed E-state index contributed by atoms with van der Waals surface area (Å²) in [5.41, 5.74) is 2.26. The number of benzene rings is 2. The van der Waals surface area contributed by atoms with Crippen LogP contribution in [0.25, 0.3) is 16.9 Å². The van der Waals surface area contributed by atoms with Crippen molar-refractivity contribution in [3.05, 3.63) is 94.5 Å². The number of hydrogen-bond acceptors (Lipinski definition) is 6. The van der Waals surface area contributed by atoms with Gasteiger partial charge in [0.1, 0.15) is 12.2 Å². The zero-order valence-corrected chi connectivity index (χ0v) is 19.9. The summed E-state index contributed by atoms with van der Waals surface area (Å²) in [6.45, 7) is 5.31. The number of rotatable bonds is 7. The van der Waals surface area contributed by atoms with Gasteiger partial charge in [-0.1, -0.05) is 42.5 Å². The van der Waals surface area contributed by atoms with Crippen molar-refractivity contribution in [2.75, 3.05) is 0 Å². The van der Waals surface area contributed by atoms with Crippen LogP contribution in [0.5, 0.6) is 0 Å². The molecule has 0 spiro atoms. The first-order valence-corrected chi connectivity index (χ1v) is 11.3. The minimum absolute atomic E-state index is 0.0639. The first-order chi connectivity index (χ1) is 16.7. The van der Waals surface area contributed by atoms with Crippen LogP contribution in [0.2, 0.25) is 0 Å². The minimum Gasteiger partial charge on any atom is -0.460 e. The second-order valence-electron chi connectivity index (χ2n) is 9.19. The molecule has 0 amide bonds. The van der Waals surface area contributed by atoms with E-state index < -0.39 is 23.5 Å². The quantitative estimate of drug-likeness (QED) is 0.322. The van der Waals surface area contributed by atoms with Gasteiger partial charge in [-0.15, -0.1) is 0 Å². The van der Waals surface area contributed by atoms with E-state index >= 15 is 0 Å². The lowest BCUT2D eigenvalue weighted by Gasteiger charge is -2.23. The van der Waals surface area contributed by atoms with Crippen molar-refractivity contribution in [3.8, 4) is 5.69 Å². The average Bonchev–Trinajstić information content (AvgIpc) is 3.16. The second-order valence-corrected chi connectivity index (χ2v) is 9.19. The standard InChI is InChI=1S/C27H27N3O5/c1-27(2,3)35-25(32)21(24(31)34-17-19-8-5-4-6-9-19)16-18-11-13-20(14-12-18)30-23-22(29-26(30)33)10-7-15-28-23/h4-15,21H,16-17H2,1-3H3,(H,29,33). The Hall–Kier alpha value is -4.20. The third-order valence-corrected chi connectivity index (χ3v) is 5.28. The molecule has 4 aromatic rings. The van der Waals surface area contributed by atoms with Crippen molar-refractivity contribution in [2.24, 2.45) is 5.92 Å². The molecular weight excluding hydrogens is 446 g/mol. The summed E-state index contributed by atoms with van der Waals surface area (Å²) < 4.78 is 12.4. The first kappa shape index (κ1) is 23.9. The molecule has 1 unspecified atom stereocenters. The maximum atomic E-state index is 12.9. The lowest BCUT2D eigenvalue weighted by molar-refractivity contribution is -0.169. The highest BCUT2D eigenvalue weighted by Crippen LogP contribution is 2.20. The molecule has 1 N–H and O–H groups in total. The number of imidazole rings is 1. The summed E-state index contributed by atoms with van der Waals surface area (Å²) in [6, 6.07) is 19.8. The summed E-state index contributed by atoms with van der Waals surface area (Å²) in [7, 11) is 0. The van der Waals surface area contributed by atoms with E-state index in [2.05, 4.69) is 9.97 Å². The van der Waals surface area contributed by atoms with Gasteiger partial charge in [-0.3, -0.25) is 9.59 Å². The Morgan fingerprint density at radius 1 is 0.943 bits per heavy atom. The molecule has 4 rings (SSSR count).